The normalized spacial score (nSPS) is 10.2. The quantitative estimate of drug-likeness (QED) is 0.406. The predicted octanol–water partition coefficient (Wildman–Crippen LogP) is -0.247. The van der Waals surface area contributed by atoms with Crippen molar-refractivity contribution in [2.24, 2.45) is 14.3 Å². The number of rotatable bonds is 4. The van der Waals surface area contributed by atoms with Crippen LogP contribution in [0.3, 0.4) is 0 Å². The van der Waals surface area contributed by atoms with E-state index < -0.39 is 9.12 Å². The maximum atomic E-state index is 10.1. The molecule has 1 rings (SSSR count). The fraction of sp³-hybridized carbons (Fsp3) is 0. The van der Waals surface area contributed by atoms with Gasteiger partial charge in [0.1, 0.15) is 0 Å². The van der Waals surface area contributed by atoms with Crippen molar-refractivity contribution in [1.82, 2.24) is 0 Å². The lowest BCUT2D eigenvalue weighted by atomic mass is 10.3. The number of isocyanates is 3. The first kappa shape index (κ1) is 11.7. The molecule has 0 saturated carbocycles. The molecule has 0 fully saturated rings. The molecule has 0 bridgehead atoms. The van der Waals surface area contributed by atoms with Crippen LogP contribution < -0.4 is 5.19 Å². The molecule has 0 radical (unpaired) electrons. The molecule has 1 aromatic carbocycles. The highest BCUT2D eigenvalue weighted by Gasteiger charge is 2.12. The van der Waals surface area contributed by atoms with Gasteiger partial charge in [-0.3, -0.25) is 0 Å². The Morgan fingerprint density at radius 2 is 1.69 bits per heavy atom. The zero-order valence-electron chi connectivity index (χ0n) is 7.95. The monoisotopic (exact) mass is 231 g/mol. The number of nitrogens with zero attached hydrogens (tertiary/aromatic N) is 3. The van der Waals surface area contributed by atoms with Crippen LogP contribution in [-0.4, -0.2) is 27.4 Å². The van der Waals surface area contributed by atoms with Crippen molar-refractivity contribution in [3.05, 3.63) is 24.3 Å². The van der Waals surface area contributed by atoms with Gasteiger partial charge >= 0.3 is 9.12 Å². The summed E-state index contributed by atoms with van der Waals surface area (Å²) < 4.78 is 6.90. The molecule has 0 amide bonds. The summed E-state index contributed by atoms with van der Waals surface area (Å²) in [6, 6.07) is 6.35. The summed E-state index contributed by atoms with van der Waals surface area (Å²) in [5.74, 6) is 0. The molecule has 0 heterocycles. The molecule has 0 atom stereocenters. The van der Waals surface area contributed by atoms with Gasteiger partial charge in [-0.2, -0.15) is 4.99 Å². The van der Waals surface area contributed by atoms with E-state index in [1.54, 1.807) is 18.2 Å². The summed E-state index contributed by atoms with van der Waals surface area (Å²) in [6.07, 6.45) is 4.11. The number of benzene rings is 1. The van der Waals surface area contributed by atoms with Gasteiger partial charge in [-0.05, 0) is 17.3 Å². The van der Waals surface area contributed by atoms with Crippen LogP contribution in [0.1, 0.15) is 0 Å². The van der Waals surface area contributed by atoms with Crippen molar-refractivity contribution in [3.8, 4) is 0 Å². The predicted molar refractivity (Wildman–Crippen MR) is 57.2 cm³/mol. The topological polar surface area (TPSA) is 88.3 Å². The second-order valence-corrected chi connectivity index (χ2v) is 4.54. The third-order valence-electron chi connectivity index (χ3n) is 1.69. The Bertz CT molecular complexity index is 509. The van der Waals surface area contributed by atoms with Gasteiger partial charge in [0.25, 0.3) is 0 Å². The van der Waals surface area contributed by atoms with Crippen LogP contribution in [-0.2, 0) is 14.4 Å². The second kappa shape index (κ2) is 6.13. The molecule has 0 N–H and O–H groups in total. The zero-order valence-corrected chi connectivity index (χ0v) is 9.11. The number of hydrogen-bond donors (Lipinski definition) is 0. The van der Waals surface area contributed by atoms with Crippen molar-refractivity contribution in [3.63, 3.8) is 0 Å². The fourth-order valence-electron chi connectivity index (χ4n) is 1.09. The molecular weight excluding hydrogens is 226 g/mol. The van der Waals surface area contributed by atoms with E-state index in [1.807, 2.05) is 0 Å². The third-order valence-corrected chi connectivity index (χ3v) is 3.35. The first-order valence-electron chi connectivity index (χ1n) is 4.13. The van der Waals surface area contributed by atoms with E-state index in [4.69, 9.17) is 0 Å². The highest BCUT2D eigenvalue weighted by atomic mass is 28.3. The summed E-state index contributed by atoms with van der Waals surface area (Å²) in [7, 11) is -2.43. The van der Waals surface area contributed by atoms with Crippen molar-refractivity contribution in [1.29, 1.82) is 0 Å². The van der Waals surface area contributed by atoms with Gasteiger partial charge in [0.15, 0.2) is 0 Å². The van der Waals surface area contributed by atoms with Crippen LogP contribution >= 0.6 is 0 Å². The minimum absolute atomic E-state index is 0.368. The van der Waals surface area contributed by atoms with Gasteiger partial charge in [0.2, 0.25) is 18.2 Å². The van der Waals surface area contributed by atoms with Gasteiger partial charge in [0, 0.05) is 0 Å². The van der Waals surface area contributed by atoms with Crippen molar-refractivity contribution >= 4 is 38.2 Å². The molecule has 0 unspecified atom stereocenters. The number of carbonyl (C=O) groups excluding carboxylic acids is 3. The average Bonchev–Trinajstić information content (AvgIpc) is 2.30. The molecule has 0 aliphatic carbocycles. The van der Waals surface area contributed by atoms with Crippen LogP contribution in [0.25, 0.3) is 0 Å². The van der Waals surface area contributed by atoms with E-state index in [9.17, 15) is 14.4 Å². The van der Waals surface area contributed by atoms with E-state index in [2.05, 4.69) is 14.3 Å². The Balaban J connectivity index is 3.18. The minimum atomic E-state index is -2.43. The van der Waals surface area contributed by atoms with Gasteiger partial charge in [0.05, 0.1) is 5.69 Å². The summed E-state index contributed by atoms with van der Waals surface area (Å²) in [6.45, 7) is 0. The Morgan fingerprint density at radius 3 is 2.25 bits per heavy atom. The SMILES string of the molecule is O=C=Nc1cccc([SiH](N=C=O)N=C=O)c1. The summed E-state index contributed by atoms with van der Waals surface area (Å²) in [4.78, 5) is 33.7. The lowest BCUT2D eigenvalue weighted by molar-refractivity contribution is 0.564. The van der Waals surface area contributed by atoms with E-state index in [-0.39, 0.29) is 0 Å². The maximum absolute atomic E-state index is 10.1. The van der Waals surface area contributed by atoms with Crippen LogP contribution in [0, 0.1) is 0 Å². The average molecular weight is 231 g/mol. The summed E-state index contributed by atoms with van der Waals surface area (Å²) in [5, 5.41) is 0.572. The Morgan fingerprint density at radius 1 is 1.00 bits per heavy atom. The molecule has 0 aliphatic heterocycles. The van der Waals surface area contributed by atoms with Gasteiger partial charge in [-0.15, -0.1) is 0 Å². The highest BCUT2D eigenvalue weighted by Crippen LogP contribution is 2.07. The number of hydrogen-bond acceptors (Lipinski definition) is 6. The van der Waals surface area contributed by atoms with E-state index in [0.717, 1.165) is 0 Å². The third kappa shape index (κ3) is 3.06. The first-order valence-corrected chi connectivity index (χ1v) is 5.74. The molecule has 0 saturated heterocycles. The zero-order chi connectivity index (χ0) is 11.8. The summed E-state index contributed by atoms with van der Waals surface area (Å²) in [5.41, 5.74) is 0.368. The Kier molecular flexibility index (Phi) is 4.47. The van der Waals surface area contributed by atoms with Crippen LogP contribution in [0.2, 0.25) is 0 Å². The van der Waals surface area contributed by atoms with Crippen LogP contribution in [0.4, 0.5) is 5.69 Å². The molecule has 6 nitrogen and oxygen atoms in total. The fourth-order valence-corrected chi connectivity index (χ4v) is 2.24. The van der Waals surface area contributed by atoms with Gasteiger partial charge in [-0.25, -0.2) is 23.7 Å². The molecule has 0 aromatic heterocycles. The molecule has 78 valence electrons. The highest BCUT2D eigenvalue weighted by molar-refractivity contribution is 6.71. The van der Waals surface area contributed by atoms with Crippen molar-refractivity contribution < 1.29 is 14.4 Å². The number of aliphatic imine (C=N–C) groups is 1. The largest absolute Gasteiger partial charge is 0.347 e. The maximum Gasteiger partial charge on any atom is 0.347 e. The Labute approximate surface area is 91.8 Å². The molecule has 1 aromatic rings. The molecule has 7 heteroatoms. The van der Waals surface area contributed by atoms with Gasteiger partial charge in [-0.1, -0.05) is 12.1 Å². The van der Waals surface area contributed by atoms with Crippen LogP contribution in [0.15, 0.2) is 38.6 Å². The van der Waals surface area contributed by atoms with E-state index >= 15 is 0 Å². The van der Waals surface area contributed by atoms with Crippen LogP contribution in [0.5, 0.6) is 0 Å². The van der Waals surface area contributed by atoms with Crippen molar-refractivity contribution in [2.75, 3.05) is 0 Å². The van der Waals surface area contributed by atoms with Gasteiger partial charge < -0.3 is 0 Å². The van der Waals surface area contributed by atoms with E-state index in [0.29, 0.717) is 10.9 Å². The first-order chi connectivity index (χ1) is 7.81. The lowest BCUT2D eigenvalue weighted by Gasteiger charge is -2.01. The molecule has 0 aliphatic rings. The second-order valence-electron chi connectivity index (χ2n) is 2.61. The van der Waals surface area contributed by atoms with Crippen molar-refractivity contribution in [2.45, 2.75) is 0 Å². The molecule has 16 heavy (non-hydrogen) atoms. The lowest BCUT2D eigenvalue weighted by Crippen LogP contribution is -2.25. The Hall–Kier alpha value is -2.42. The molecular formula is C9H5N3O3Si. The minimum Gasteiger partial charge on any atom is -0.217 e. The standard InChI is InChI=1S/C9H5N3O3Si/c13-5-10-8-2-1-3-9(4-8)16(11-6-14)12-7-15/h1-4,16H. The van der Waals surface area contributed by atoms with E-state index in [1.165, 1.54) is 24.3 Å². The smallest absolute Gasteiger partial charge is 0.217 e. The molecule has 0 spiro atoms. The summed E-state index contributed by atoms with van der Waals surface area (Å²) >= 11 is 0.